The number of amidine groups is 1. The molecular formula is C17H17N3O. The maximum Gasteiger partial charge on any atom is 0.170 e. The van der Waals surface area contributed by atoms with E-state index in [0.29, 0.717) is 0 Å². The van der Waals surface area contributed by atoms with E-state index in [1.807, 2.05) is 24.3 Å². The van der Waals surface area contributed by atoms with E-state index < -0.39 is 0 Å². The lowest BCUT2D eigenvalue weighted by Crippen LogP contribution is -2.12. The normalized spacial score (nSPS) is 12.0. The van der Waals surface area contributed by atoms with Gasteiger partial charge in [0.15, 0.2) is 5.84 Å². The highest BCUT2D eigenvalue weighted by Crippen LogP contribution is 2.19. The fourth-order valence-electron chi connectivity index (χ4n) is 2.56. The van der Waals surface area contributed by atoms with Gasteiger partial charge in [0.1, 0.15) is 0 Å². The smallest absolute Gasteiger partial charge is 0.170 e. The standard InChI is InChI=1S/C17H17N3O/c1-12-3-2-4-13(9-12)11-20-8-7-14-10-15(17(18)19-21)5-6-16(14)20/h2-10,21H,11H2,1H3,(H2,18,19). The van der Waals surface area contributed by atoms with Gasteiger partial charge in [-0.2, -0.15) is 0 Å². The summed E-state index contributed by atoms with van der Waals surface area (Å²) in [5.41, 5.74) is 10.0. The number of hydrogen-bond acceptors (Lipinski definition) is 2. The van der Waals surface area contributed by atoms with Crippen LogP contribution in [0.1, 0.15) is 16.7 Å². The van der Waals surface area contributed by atoms with E-state index in [2.05, 4.69) is 47.1 Å². The Kier molecular flexibility index (Phi) is 3.36. The molecule has 106 valence electrons. The van der Waals surface area contributed by atoms with Crippen LogP contribution in [0.25, 0.3) is 10.9 Å². The Hall–Kier alpha value is -2.75. The first-order chi connectivity index (χ1) is 10.2. The summed E-state index contributed by atoms with van der Waals surface area (Å²) in [7, 11) is 0. The third-order valence-corrected chi connectivity index (χ3v) is 3.61. The summed E-state index contributed by atoms with van der Waals surface area (Å²) in [6.07, 6.45) is 2.06. The van der Waals surface area contributed by atoms with Crippen molar-refractivity contribution < 1.29 is 5.21 Å². The van der Waals surface area contributed by atoms with Crippen LogP contribution in [0, 0.1) is 6.92 Å². The molecular weight excluding hydrogens is 262 g/mol. The van der Waals surface area contributed by atoms with Crippen LogP contribution in [0.15, 0.2) is 59.9 Å². The number of aryl methyl sites for hydroxylation is 1. The lowest BCUT2D eigenvalue weighted by molar-refractivity contribution is 0.318. The second-order valence-corrected chi connectivity index (χ2v) is 5.19. The molecule has 0 radical (unpaired) electrons. The molecule has 21 heavy (non-hydrogen) atoms. The van der Waals surface area contributed by atoms with Crippen molar-refractivity contribution in [2.75, 3.05) is 0 Å². The molecule has 2 aromatic carbocycles. The zero-order valence-electron chi connectivity index (χ0n) is 11.8. The Bertz CT molecular complexity index is 818. The van der Waals surface area contributed by atoms with Crippen molar-refractivity contribution in [2.45, 2.75) is 13.5 Å². The Labute approximate surface area is 123 Å². The quantitative estimate of drug-likeness (QED) is 0.335. The molecule has 1 aromatic heterocycles. The second-order valence-electron chi connectivity index (χ2n) is 5.19. The van der Waals surface area contributed by atoms with Crippen LogP contribution in [0.2, 0.25) is 0 Å². The first-order valence-electron chi connectivity index (χ1n) is 6.80. The third-order valence-electron chi connectivity index (χ3n) is 3.61. The van der Waals surface area contributed by atoms with Crippen LogP contribution < -0.4 is 5.73 Å². The fourth-order valence-corrected chi connectivity index (χ4v) is 2.56. The summed E-state index contributed by atoms with van der Waals surface area (Å²) >= 11 is 0. The topological polar surface area (TPSA) is 63.5 Å². The SMILES string of the molecule is Cc1cccc(Cn2ccc3cc(/C(N)=N/O)ccc32)c1. The lowest BCUT2D eigenvalue weighted by Gasteiger charge is -2.07. The molecule has 3 aromatic rings. The van der Waals surface area contributed by atoms with Crippen molar-refractivity contribution in [2.24, 2.45) is 10.9 Å². The molecule has 0 bridgehead atoms. The maximum atomic E-state index is 8.74. The minimum absolute atomic E-state index is 0.128. The predicted molar refractivity (Wildman–Crippen MR) is 84.7 cm³/mol. The summed E-state index contributed by atoms with van der Waals surface area (Å²) in [6, 6.07) is 16.3. The summed E-state index contributed by atoms with van der Waals surface area (Å²) in [5, 5.41) is 12.9. The lowest BCUT2D eigenvalue weighted by atomic mass is 10.1. The molecule has 0 fully saturated rings. The number of nitrogens with zero attached hydrogens (tertiary/aromatic N) is 2. The minimum Gasteiger partial charge on any atom is -0.409 e. The fraction of sp³-hybridized carbons (Fsp3) is 0.118. The van der Waals surface area contributed by atoms with Crippen LogP contribution in [0.4, 0.5) is 0 Å². The van der Waals surface area contributed by atoms with Gasteiger partial charge in [-0.3, -0.25) is 0 Å². The Morgan fingerprint density at radius 2 is 2.05 bits per heavy atom. The van der Waals surface area contributed by atoms with Crippen molar-refractivity contribution in [3.63, 3.8) is 0 Å². The second kappa shape index (κ2) is 5.32. The molecule has 4 nitrogen and oxygen atoms in total. The van der Waals surface area contributed by atoms with Gasteiger partial charge >= 0.3 is 0 Å². The van der Waals surface area contributed by atoms with Crippen LogP contribution in [-0.2, 0) is 6.54 Å². The largest absolute Gasteiger partial charge is 0.409 e. The highest BCUT2D eigenvalue weighted by atomic mass is 16.4. The van der Waals surface area contributed by atoms with Crippen molar-refractivity contribution in [3.05, 3.63) is 71.4 Å². The number of rotatable bonds is 3. The zero-order valence-corrected chi connectivity index (χ0v) is 11.8. The van der Waals surface area contributed by atoms with E-state index in [0.717, 1.165) is 23.0 Å². The molecule has 1 heterocycles. The van der Waals surface area contributed by atoms with Gasteiger partial charge in [0.2, 0.25) is 0 Å². The monoisotopic (exact) mass is 279 g/mol. The van der Waals surface area contributed by atoms with Crippen LogP contribution in [0.5, 0.6) is 0 Å². The van der Waals surface area contributed by atoms with Gasteiger partial charge in [0, 0.05) is 29.2 Å². The molecule has 0 spiro atoms. The molecule has 0 aliphatic carbocycles. The predicted octanol–water partition coefficient (Wildman–Crippen LogP) is 3.09. The number of hydrogen-bond donors (Lipinski definition) is 2. The summed E-state index contributed by atoms with van der Waals surface area (Å²) < 4.78 is 2.19. The molecule has 0 amide bonds. The maximum absolute atomic E-state index is 8.74. The average molecular weight is 279 g/mol. The van der Waals surface area contributed by atoms with Gasteiger partial charge in [-0.1, -0.05) is 35.0 Å². The van der Waals surface area contributed by atoms with Crippen molar-refractivity contribution in [3.8, 4) is 0 Å². The number of aromatic nitrogens is 1. The summed E-state index contributed by atoms with van der Waals surface area (Å²) in [5.74, 6) is 0.128. The van der Waals surface area contributed by atoms with Gasteiger partial charge in [0.05, 0.1) is 0 Å². The zero-order chi connectivity index (χ0) is 14.8. The minimum atomic E-state index is 0.128. The van der Waals surface area contributed by atoms with Gasteiger partial charge in [-0.05, 0) is 36.8 Å². The highest BCUT2D eigenvalue weighted by Gasteiger charge is 2.05. The number of nitrogens with two attached hydrogens (primary N) is 1. The summed E-state index contributed by atoms with van der Waals surface area (Å²) in [4.78, 5) is 0. The van der Waals surface area contributed by atoms with Gasteiger partial charge in [-0.25, -0.2) is 0 Å². The summed E-state index contributed by atoms with van der Waals surface area (Å²) in [6.45, 7) is 2.93. The average Bonchev–Trinajstić information content (AvgIpc) is 2.89. The number of oxime groups is 1. The van der Waals surface area contributed by atoms with Crippen molar-refractivity contribution in [1.29, 1.82) is 0 Å². The van der Waals surface area contributed by atoms with E-state index >= 15 is 0 Å². The van der Waals surface area contributed by atoms with E-state index in [9.17, 15) is 0 Å². The van der Waals surface area contributed by atoms with Crippen LogP contribution >= 0.6 is 0 Å². The van der Waals surface area contributed by atoms with E-state index in [-0.39, 0.29) is 5.84 Å². The molecule has 0 unspecified atom stereocenters. The van der Waals surface area contributed by atoms with E-state index in [1.54, 1.807) is 0 Å². The Morgan fingerprint density at radius 1 is 1.19 bits per heavy atom. The molecule has 4 heteroatoms. The van der Waals surface area contributed by atoms with Gasteiger partial charge in [-0.15, -0.1) is 0 Å². The molecule has 0 atom stereocenters. The number of benzene rings is 2. The van der Waals surface area contributed by atoms with E-state index in [1.165, 1.54) is 11.1 Å². The first-order valence-corrected chi connectivity index (χ1v) is 6.80. The Morgan fingerprint density at radius 3 is 2.81 bits per heavy atom. The first kappa shape index (κ1) is 13.2. The van der Waals surface area contributed by atoms with Crippen LogP contribution in [0.3, 0.4) is 0 Å². The van der Waals surface area contributed by atoms with Crippen molar-refractivity contribution in [1.82, 2.24) is 4.57 Å². The van der Waals surface area contributed by atoms with Gasteiger partial charge in [0.25, 0.3) is 0 Å². The molecule has 0 saturated heterocycles. The Balaban J connectivity index is 1.97. The highest BCUT2D eigenvalue weighted by molar-refractivity contribution is 6.00. The number of fused-ring (bicyclic) bond motifs is 1. The van der Waals surface area contributed by atoms with Crippen LogP contribution in [-0.4, -0.2) is 15.6 Å². The van der Waals surface area contributed by atoms with Crippen molar-refractivity contribution >= 4 is 16.7 Å². The third kappa shape index (κ3) is 2.60. The molecule has 3 rings (SSSR count). The molecule has 3 N–H and O–H groups in total. The molecule has 0 aliphatic rings. The molecule has 0 saturated carbocycles. The van der Waals surface area contributed by atoms with Gasteiger partial charge < -0.3 is 15.5 Å². The van der Waals surface area contributed by atoms with E-state index in [4.69, 9.17) is 10.9 Å². The molecule has 0 aliphatic heterocycles.